The molecule has 2 rings (SSSR count). The molecule has 2 aromatic carbocycles. The minimum atomic E-state index is -1.49. The van der Waals surface area contributed by atoms with Gasteiger partial charge in [-0.2, -0.15) is 0 Å². The van der Waals surface area contributed by atoms with Crippen LogP contribution in [0.15, 0.2) is 54.6 Å². The lowest BCUT2D eigenvalue weighted by molar-refractivity contribution is 0.150. The standard InChI is InChI=1S/C8H10BNO4.C8H9NO2/c11-8(12)10-5-6-1-3-7(4-2-6)9(13)14;9-8(10)11-6-7-4-2-1-3-5-7/h1-4,10,13-14H,5H2,(H,11,12);1-5H,6H2,(H2,9,10). The van der Waals surface area contributed by atoms with Crippen LogP contribution in [0.4, 0.5) is 9.59 Å². The number of rotatable bonds is 5. The predicted molar refractivity (Wildman–Crippen MR) is 91.9 cm³/mol. The molecule has 0 aliphatic heterocycles. The Hall–Kier alpha value is -3.04. The van der Waals surface area contributed by atoms with E-state index < -0.39 is 19.3 Å². The Labute approximate surface area is 145 Å². The number of carbonyl (C=O) groups excluding carboxylic acids is 1. The van der Waals surface area contributed by atoms with Crippen molar-refractivity contribution in [3.8, 4) is 0 Å². The monoisotopic (exact) mass is 346 g/mol. The van der Waals surface area contributed by atoms with Gasteiger partial charge in [-0.05, 0) is 16.6 Å². The number of nitrogens with two attached hydrogens (primary N) is 1. The highest BCUT2D eigenvalue weighted by Gasteiger charge is 2.09. The Kier molecular flexibility index (Phi) is 8.55. The van der Waals surface area contributed by atoms with E-state index in [9.17, 15) is 9.59 Å². The number of ether oxygens (including phenoxy) is 1. The highest BCUT2D eigenvalue weighted by Crippen LogP contribution is 1.99. The SMILES string of the molecule is NC(=O)OCc1ccccc1.O=C(O)NCc1ccc(B(O)O)cc1. The number of carbonyl (C=O) groups is 2. The van der Waals surface area contributed by atoms with Crippen molar-refractivity contribution < 1.29 is 29.5 Å². The van der Waals surface area contributed by atoms with Crippen LogP contribution in [0.25, 0.3) is 0 Å². The van der Waals surface area contributed by atoms with Gasteiger partial charge >= 0.3 is 19.3 Å². The van der Waals surface area contributed by atoms with E-state index in [1.54, 1.807) is 12.1 Å². The lowest BCUT2D eigenvalue weighted by atomic mass is 9.80. The summed E-state index contributed by atoms with van der Waals surface area (Å²) in [6.07, 6.45) is -1.83. The minimum absolute atomic E-state index is 0.205. The third-order valence-electron chi connectivity index (χ3n) is 2.95. The second kappa shape index (κ2) is 10.7. The Balaban J connectivity index is 0.000000257. The van der Waals surface area contributed by atoms with Crippen molar-refractivity contribution in [1.82, 2.24) is 5.32 Å². The second-order valence-corrected chi connectivity index (χ2v) is 4.87. The molecule has 0 saturated heterocycles. The van der Waals surface area contributed by atoms with Gasteiger partial charge in [-0.1, -0.05) is 54.6 Å². The zero-order valence-corrected chi connectivity index (χ0v) is 13.3. The summed E-state index contributed by atoms with van der Waals surface area (Å²) in [5.74, 6) is 0. The molecule has 0 atom stereocenters. The molecule has 0 aliphatic carbocycles. The fourth-order valence-corrected chi connectivity index (χ4v) is 1.71. The van der Waals surface area contributed by atoms with E-state index in [-0.39, 0.29) is 13.2 Å². The van der Waals surface area contributed by atoms with E-state index in [0.717, 1.165) is 11.1 Å². The normalized spacial score (nSPS) is 9.36. The highest BCUT2D eigenvalue weighted by atomic mass is 16.5. The van der Waals surface area contributed by atoms with Crippen molar-refractivity contribution in [3.05, 3.63) is 65.7 Å². The van der Waals surface area contributed by atoms with E-state index in [0.29, 0.717) is 5.46 Å². The molecule has 0 unspecified atom stereocenters. The lowest BCUT2D eigenvalue weighted by Crippen LogP contribution is -2.29. The quantitative estimate of drug-likeness (QED) is 0.497. The van der Waals surface area contributed by atoms with Crippen molar-refractivity contribution in [2.75, 3.05) is 0 Å². The van der Waals surface area contributed by atoms with Gasteiger partial charge in [0.25, 0.3) is 0 Å². The maximum absolute atomic E-state index is 10.2. The summed E-state index contributed by atoms with van der Waals surface area (Å²) in [7, 11) is -1.49. The first-order chi connectivity index (χ1) is 11.9. The fourth-order valence-electron chi connectivity index (χ4n) is 1.71. The van der Waals surface area contributed by atoms with Gasteiger partial charge < -0.3 is 30.9 Å². The summed E-state index contributed by atoms with van der Waals surface area (Å²) in [6.45, 7) is 0.452. The summed E-state index contributed by atoms with van der Waals surface area (Å²) < 4.78 is 4.57. The maximum atomic E-state index is 10.2. The van der Waals surface area contributed by atoms with E-state index in [4.69, 9.17) is 20.9 Å². The lowest BCUT2D eigenvalue weighted by Gasteiger charge is -2.03. The van der Waals surface area contributed by atoms with Gasteiger partial charge in [0.15, 0.2) is 0 Å². The van der Waals surface area contributed by atoms with Gasteiger partial charge in [0.2, 0.25) is 0 Å². The summed E-state index contributed by atoms with van der Waals surface area (Å²) in [4.78, 5) is 20.3. The van der Waals surface area contributed by atoms with Crippen LogP contribution in [0, 0.1) is 0 Å². The van der Waals surface area contributed by atoms with Gasteiger partial charge in [-0.25, -0.2) is 9.59 Å². The topological polar surface area (TPSA) is 142 Å². The second-order valence-electron chi connectivity index (χ2n) is 4.87. The van der Waals surface area contributed by atoms with Crippen molar-refractivity contribution >= 4 is 24.8 Å². The van der Waals surface area contributed by atoms with Gasteiger partial charge in [0.1, 0.15) is 6.61 Å². The van der Waals surface area contributed by atoms with Gasteiger partial charge in [-0.15, -0.1) is 0 Å². The van der Waals surface area contributed by atoms with Crippen LogP contribution in [0.2, 0.25) is 0 Å². The molecule has 0 aromatic heterocycles. The van der Waals surface area contributed by atoms with Crippen LogP contribution < -0.4 is 16.5 Å². The Morgan fingerprint density at radius 2 is 1.60 bits per heavy atom. The predicted octanol–water partition coefficient (Wildman–Crippen LogP) is 0.416. The molecule has 0 aliphatic rings. The Morgan fingerprint density at radius 3 is 2.08 bits per heavy atom. The molecule has 0 fully saturated rings. The van der Waals surface area contributed by atoms with Crippen LogP contribution in [0.5, 0.6) is 0 Å². The minimum Gasteiger partial charge on any atom is -0.465 e. The van der Waals surface area contributed by atoms with E-state index in [2.05, 4.69) is 10.1 Å². The van der Waals surface area contributed by atoms with Crippen molar-refractivity contribution in [2.24, 2.45) is 5.73 Å². The maximum Gasteiger partial charge on any atom is 0.488 e. The molecule has 6 N–H and O–H groups in total. The first-order valence-corrected chi connectivity index (χ1v) is 7.26. The summed E-state index contributed by atoms with van der Waals surface area (Å²) >= 11 is 0. The average Bonchev–Trinajstić information content (AvgIpc) is 2.60. The number of carboxylic acid groups (broad SMARTS) is 1. The third-order valence-corrected chi connectivity index (χ3v) is 2.95. The van der Waals surface area contributed by atoms with Gasteiger partial charge in [0.05, 0.1) is 0 Å². The molecule has 9 heteroatoms. The number of amides is 2. The van der Waals surface area contributed by atoms with E-state index in [1.165, 1.54) is 12.1 Å². The van der Waals surface area contributed by atoms with Crippen LogP contribution in [-0.4, -0.2) is 34.5 Å². The zero-order valence-electron chi connectivity index (χ0n) is 13.3. The molecule has 132 valence electrons. The summed E-state index contributed by atoms with van der Waals surface area (Å²) in [5.41, 5.74) is 6.86. The van der Waals surface area contributed by atoms with Gasteiger partial charge in [-0.3, -0.25) is 0 Å². The number of primary amides is 1. The van der Waals surface area contributed by atoms with Crippen LogP contribution >= 0.6 is 0 Å². The molecule has 25 heavy (non-hydrogen) atoms. The summed E-state index contributed by atoms with van der Waals surface area (Å²) in [5, 5.41) is 28.1. The first kappa shape index (κ1) is 20.0. The number of nitrogens with one attached hydrogen (secondary N) is 1. The van der Waals surface area contributed by atoms with Gasteiger partial charge in [0, 0.05) is 6.54 Å². The first-order valence-electron chi connectivity index (χ1n) is 7.26. The number of hydrogen-bond acceptors (Lipinski definition) is 5. The molecule has 0 radical (unpaired) electrons. The molecule has 0 bridgehead atoms. The largest absolute Gasteiger partial charge is 0.488 e. The number of hydrogen-bond donors (Lipinski definition) is 5. The van der Waals surface area contributed by atoms with Crippen LogP contribution in [0.1, 0.15) is 11.1 Å². The Bertz CT molecular complexity index is 664. The summed E-state index contributed by atoms with van der Waals surface area (Å²) in [6, 6.07) is 15.7. The van der Waals surface area contributed by atoms with Crippen molar-refractivity contribution in [2.45, 2.75) is 13.2 Å². The number of benzene rings is 2. The highest BCUT2D eigenvalue weighted by molar-refractivity contribution is 6.58. The molecule has 0 saturated carbocycles. The molecular formula is C16H19BN2O6. The molecule has 2 aromatic rings. The molecule has 8 nitrogen and oxygen atoms in total. The fraction of sp³-hybridized carbons (Fsp3) is 0.125. The molecule has 0 heterocycles. The van der Waals surface area contributed by atoms with Crippen LogP contribution in [0.3, 0.4) is 0 Å². The molecule has 2 amide bonds. The molecule has 0 spiro atoms. The average molecular weight is 346 g/mol. The third kappa shape index (κ3) is 8.99. The van der Waals surface area contributed by atoms with Crippen molar-refractivity contribution in [1.29, 1.82) is 0 Å². The van der Waals surface area contributed by atoms with Crippen LogP contribution in [-0.2, 0) is 17.9 Å². The smallest absolute Gasteiger partial charge is 0.465 e. The Morgan fingerprint density at radius 1 is 1.00 bits per heavy atom. The zero-order chi connectivity index (χ0) is 18.7. The van der Waals surface area contributed by atoms with Crippen molar-refractivity contribution in [3.63, 3.8) is 0 Å². The van der Waals surface area contributed by atoms with E-state index >= 15 is 0 Å². The molecular weight excluding hydrogens is 327 g/mol. The van der Waals surface area contributed by atoms with E-state index in [1.807, 2.05) is 30.3 Å².